The Morgan fingerprint density at radius 1 is 1.23 bits per heavy atom. The fourth-order valence-corrected chi connectivity index (χ4v) is 4.79. The summed E-state index contributed by atoms with van der Waals surface area (Å²) in [5, 5.41) is 11.3. The van der Waals surface area contributed by atoms with Crippen molar-refractivity contribution in [2.24, 2.45) is 5.73 Å². The number of thioether (sulfide) groups is 1. The fraction of sp³-hybridized carbons (Fsp3) is 0.222. The molecule has 2 heterocycles. The molecule has 3 aromatic rings. The van der Waals surface area contributed by atoms with Crippen LogP contribution in [0.5, 0.6) is 0 Å². The first-order valence-corrected chi connectivity index (χ1v) is 14.8. The molecule has 3 nitrogen and oxygen atoms in total. The number of nitrogen functional groups attached to an aromatic ring is 1. The van der Waals surface area contributed by atoms with Crippen LogP contribution in [0.2, 0.25) is 22.4 Å². The number of amidine groups is 1. The highest BCUT2D eigenvalue weighted by Crippen LogP contribution is 2.40. The SMILES string of the molecule is CSc1sc(C(=N)N)cc1-c1nc(-c2ccc(Cl)cc2)cs1.[CH3][Al]([CH3])[CH3]. The minimum atomic E-state index is -0.139. The molecule has 0 aliphatic heterocycles. The van der Waals surface area contributed by atoms with Crippen LogP contribution in [0.3, 0.4) is 0 Å². The lowest BCUT2D eigenvalue weighted by molar-refractivity contribution is 1.39. The van der Waals surface area contributed by atoms with Gasteiger partial charge < -0.3 is 5.73 Å². The van der Waals surface area contributed by atoms with Gasteiger partial charge in [0, 0.05) is 21.5 Å². The summed E-state index contributed by atoms with van der Waals surface area (Å²) >= 11 is 10.6. The summed E-state index contributed by atoms with van der Waals surface area (Å²) in [7, 11) is 0. The van der Waals surface area contributed by atoms with Gasteiger partial charge in [-0.3, -0.25) is 5.41 Å². The van der Waals surface area contributed by atoms with E-state index in [0.29, 0.717) is 5.02 Å². The monoisotopic (exact) mass is 437 g/mol. The number of aromatic nitrogens is 1. The number of hydrogen-bond donors (Lipinski definition) is 2. The van der Waals surface area contributed by atoms with E-state index in [9.17, 15) is 0 Å². The molecule has 3 N–H and O–H groups in total. The first-order chi connectivity index (χ1) is 12.3. The van der Waals surface area contributed by atoms with Crippen LogP contribution >= 0.6 is 46.0 Å². The highest BCUT2D eigenvalue weighted by atomic mass is 35.5. The van der Waals surface area contributed by atoms with Crippen molar-refractivity contribution in [3.05, 3.63) is 45.6 Å². The van der Waals surface area contributed by atoms with Gasteiger partial charge in [-0.05, 0) is 24.5 Å². The van der Waals surface area contributed by atoms with Crippen LogP contribution in [-0.4, -0.2) is 31.2 Å². The number of rotatable bonds is 4. The molecule has 0 aliphatic carbocycles. The summed E-state index contributed by atoms with van der Waals surface area (Å²) in [6.45, 7) is 0. The lowest BCUT2D eigenvalue weighted by Gasteiger charge is -1.97. The Balaban J connectivity index is 0.000000552. The van der Waals surface area contributed by atoms with Gasteiger partial charge in [-0.25, -0.2) is 4.98 Å². The Hall–Kier alpha value is -0.808. The van der Waals surface area contributed by atoms with Gasteiger partial charge in [0.2, 0.25) is 0 Å². The third kappa shape index (κ3) is 5.85. The number of thiophene rings is 1. The van der Waals surface area contributed by atoms with Gasteiger partial charge in [0.05, 0.1) is 14.8 Å². The standard InChI is InChI=1S/C15H12ClN3S3.3CH3.Al/c1-20-15-10(6-12(22-15)13(17)18)14-19-11(7-21-14)8-2-4-9(16)5-3-8;;;;/h2-7H,1H3,(H3,17,18);3*1H3;. The molecule has 3 rings (SSSR count). The average Bonchev–Trinajstić information content (AvgIpc) is 3.21. The van der Waals surface area contributed by atoms with E-state index in [1.807, 2.05) is 42.0 Å². The molecule has 0 fully saturated rings. The molecule has 0 aliphatic rings. The molecule has 0 radical (unpaired) electrons. The number of nitrogens with two attached hydrogens (primary N) is 1. The quantitative estimate of drug-likeness (QED) is 0.210. The lowest BCUT2D eigenvalue weighted by Crippen LogP contribution is -2.08. The summed E-state index contributed by atoms with van der Waals surface area (Å²) in [5.74, 6) is 7.01. The van der Waals surface area contributed by atoms with Gasteiger partial charge in [-0.2, -0.15) is 0 Å². The number of benzene rings is 1. The summed E-state index contributed by atoms with van der Waals surface area (Å²) in [5.41, 5.74) is 8.61. The molecule has 0 amide bonds. The molecule has 136 valence electrons. The van der Waals surface area contributed by atoms with Crippen LogP contribution in [0.25, 0.3) is 21.8 Å². The van der Waals surface area contributed by atoms with Crippen molar-refractivity contribution in [1.82, 2.24) is 4.98 Å². The average molecular weight is 438 g/mol. The van der Waals surface area contributed by atoms with E-state index in [0.717, 1.165) is 30.9 Å². The molecule has 8 heteroatoms. The van der Waals surface area contributed by atoms with Gasteiger partial charge in [0.15, 0.2) is 0 Å². The number of nitrogens with zero attached hydrogens (tertiary/aromatic N) is 1. The maximum Gasteiger partial charge on any atom is 0.251 e. The largest absolute Gasteiger partial charge is 0.383 e. The molecule has 26 heavy (non-hydrogen) atoms. The van der Waals surface area contributed by atoms with Gasteiger partial charge in [-0.1, -0.05) is 23.7 Å². The van der Waals surface area contributed by atoms with Crippen LogP contribution in [0.15, 0.2) is 39.9 Å². The fourth-order valence-electron chi connectivity index (χ4n) is 1.96. The number of halogens is 1. The lowest BCUT2D eigenvalue weighted by atomic mass is 10.2. The maximum absolute atomic E-state index is 7.59. The summed E-state index contributed by atoms with van der Waals surface area (Å²) in [6, 6.07) is 9.60. The topological polar surface area (TPSA) is 62.8 Å². The second-order valence-corrected chi connectivity index (χ2v) is 13.1. The van der Waals surface area contributed by atoms with E-state index >= 15 is 0 Å². The van der Waals surface area contributed by atoms with Gasteiger partial charge in [-0.15, -0.1) is 51.8 Å². The van der Waals surface area contributed by atoms with Crippen molar-refractivity contribution >= 4 is 66.0 Å². The van der Waals surface area contributed by atoms with Crippen LogP contribution in [0.4, 0.5) is 0 Å². The minimum Gasteiger partial charge on any atom is -0.383 e. The van der Waals surface area contributed by atoms with Crippen LogP contribution in [0.1, 0.15) is 4.88 Å². The zero-order chi connectivity index (χ0) is 19.3. The van der Waals surface area contributed by atoms with Crippen molar-refractivity contribution in [1.29, 1.82) is 5.41 Å². The van der Waals surface area contributed by atoms with E-state index in [2.05, 4.69) is 17.4 Å². The second kappa shape index (κ2) is 9.93. The summed E-state index contributed by atoms with van der Waals surface area (Å²) in [6.07, 6.45) is 2.02. The van der Waals surface area contributed by atoms with E-state index < -0.39 is 0 Å². The first-order valence-electron chi connectivity index (χ1n) is 8.05. The Kier molecular flexibility index (Phi) is 8.21. The highest BCUT2D eigenvalue weighted by molar-refractivity contribution is 8.00. The van der Waals surface area contributed by atoms with Gasteiger partial charge in [0.25, 0.3) is 14.1 Å². The first kappa shape index (κ1) is 21.5. The third-order valence-electron chi connectivity index (χ3n) is 3.02. The Bertz CT molecular complexity index is 869. The predicted octanol–water partition coefficient (Wildman–Crippen LogP) is 6.57. The van der Waals surface area contributed by atoms with Crippen molar-refractivity contribution in [2.75, 3.05) is 6.26 Å². The van der Waals surface area contributed by atoms with Crippen molar-refractivity contribution < 1.29 is 0 Å². The molecule has 0 bridgehead atoms. The molecule has 0 saturated carbocycles. The Morgan fingerprint density at radius 2 is 1.85 bits per heavy atom. The van der Waals surface area contributed by atoms with E-state index in [-0.39, 0.29) is 20.0 Å². The highest BCUT2D eigenvalue weighted by Gasteiger charge is 2.15. The van der Waals surface area contributed by atoms with Crippen molar-refractivity contribution in [2.45, 2.75) is 21.6 Å². The van der Waals surface area contributed by atoms with Crippen LogP contribution in [0, 0.1) is 5.41 Å². The summed E-state index contributed by atoms with van der Waals surface area (Å²) < 4.78 is 1.13. The van der Waals surface area contributed by atoms with Gasteiger partial charge in [0.1, 0.15) is 10.8 Å². The number of nitrogens with one attached hydrogen (secondary N) is 1. The molecule has 0 atom stereocenters. The zero-order valence-corrected chi connectivity index (χ0v) is 19.5. The maximum atomic E-state index is 7.59. The van der Waals surface area contributed by atoms with E-state index in [1.165, 1.54) is 11.3 Å². The molecule has 0 unspecified atom stereocenters. The zero-order valence-electron chi connectivity index (χ0n) is 15.2. The normalized spacial score (nSPS) is 10.2. The Morgan fingerprint density at radius 3 is 2.38 bits per heavy atom. The minimum absolute atomic E-state index is 0.0982. The smallest absolute Gasteiger partial charge is 0.251 e. The Labute approximate surface area is 176 Å². The molecule has 2 aromatic heterocycles. The summed E-state index contributed by atoms with van der Waals surface area (Å²) in [4.78, 5) is 5.50. The molecule has 0 saturated heterocycles. The number of thiazole rings is 1. The molecule has 0 spiro atoms. The molecular formula is C18H21AlClN3S3. The second-order valence-electron chi connectivity index (χ2n) is 6.21. The van der Waals surface area contributed by atoms with Crippen molar-refractivity contribution in [3.8, 4) is 21.8 Å². The predicted molar refractivity (Wildman–Crippen MR) is 122 cm³/mol. The van der Waals surface area contributed by atoms with E-state index in [1.54, 1.807) is 23.1 Å². The third-order valence-corrected chi connectivity index (χ3v) is 6.45. The van der Waals surface area contributed by atoms with Crippen LogP contribution in [-0.2, 0) is 0 Å². The van der Waals surface area contributed by atoms with Gasteiger partial charge >= 0.3 is 0 Å². The van der Waals surface area contributed by atoms with E-state index in [4.69, 9.17) is 27.7 Å². The van der Waals surface area contributed by atoms with Crippen LogP contribution < -0.4 is 5.73 Å². The molecular weight excluding hydrogens is 417 g/mol. The number of hydrogen-bond acceptors (Lipinski definition) is 5. The molecule has 1 aromatic carbocycles. The van der Waals surface area contributed by atoms with Crippen molar-refractivity contribution in [3.63, 3.8) is 0 Å².